The van der Waals surface area contributed by atoms with E-state index in [0.29, 0.717) is 24.0 Å². The van der Waals surface area contributed by atoms with E-state index < -0.39 is 28.7 Å². The Morgan fingerprint density at radius 3 is 2.03 bits per heavy atom. The van der Waals surface area contributed by atoms with Crippen LogP contribution >= 0.6 is 0 Å². The highest BCUT2D eigenvalue weighted by molar-refractivity contribution is 6.00. The van der Waals surface area contributed by atoms with Gasteiger partial charge in [0.15, 0.2) is 11.7 Å². The molecule has 2 rings (SSSR count). The highest BCUT2D eigenvalue weighted by Gasteiger charge is 2.40. The van der Waals surface area contributed by atoms with E-state index in [1.54, 1.807) is 36.4 Å². The van der Waals surface area contributed by atoms with Crippen molar-refractivity contribution < 1.29 is 28.8 Å². The quantitative estimate of drug-likeness (QED) is 0.157. The van der Waals surface area contributed by atoms with Crippen LogP contribution < -0.4 is 0 Å². The molecule has 0 aromatic heterocycles. The van der Waals surface area contributed by atoms with Crippen LogP contribution in [0.15, 0.2) is 54.6 Å². The van der Waals surface area contributed by atoms with Crippen molar-refractivity contribution in [3.05, 3.63) is 75.8 Å². The molecule has 0 amide bonds. The van der Waals surface area contributed by atoms with Crippen LogP contribution in [0.2, 0.25) is 0 Å². The van der Waals surface area contributed by atoms with E-state index in [2.05, 4.69) is 0 Å². The van der Waals surface area contributed by atoms with E-state index in [0.717, 1.165) is 0 Å². The zero-order valence-electron chi connectivity index (χ0n) is 18.2. The van der Waals surface area contributed by atoms with E-state index in [-0.39, 0.29) is 31.1 Å². The molecule has 0 aliphatic heterocycles. The number of ketones is 1. The van der Waals surface area contributed by atoms with Crippen molar-refractivity contribution in [1.29, 1.82) is 0 Å². The summed E-state index contributed by atoms with van der Waals surface area (Å²) in [5.41, 5.74) is 0.517. The monoisotopic (exact) mass is 441 g/mol. The van der Waals surface area contributed by atoms with Crippen LogP contribution in [0.25, 0.3) is 0 Å². The van der Waals surface area contributed by atoms with Gasteiger partial charge < -0.3 is 9.47 Å². The minimum Gasteiger partial charge on any atom is -0.465 e. The number of esters is 2. The van der Waals surface area contributed by atoms with Crippen LogP contribution in [-0.2, 0) is 19.1 Å². The number of nitro groups is 1. The molecule has 2 aromatic rings. The maximum absolute atomic E-state index is 13.0. The molecule has 2 aromatic carbocycles. The SMILES string of the molecule is CCCOC(=O)C(C(=O)OCCC)C(CC(=O)c1ccccc1)c1cccc([N+](=O)[O-])c1. The molecular weight excluding hydrogens is 414 g/mol. The molecule has 0 saturated carbocycles. The zero-order valence-corrected chi connectivity index (χ0v) is 18.2. The first kappa shape index (κ1) is 24.7. The third kappa shape index (κ3) is 6.73. The Labute approximate surface area is 186 Å². The Hall–Kier alpha value is -3.55. The fourth-order valence-electron chi connectivity index (χ4n) is 3.25. The summed E-state index contributed by atoms with van der Waals surface area (Å²) >= 11 is 0. The first-order valence-electron chi connectivity index (χ1n) is 10.5. The summed E-state index contributed by atoms with van der Waals surface area (Å²) in [6, 6.07) is 14.0. The molecule has 0 radical (unpaired) electrons. The first-order chi connectivity index (χ1) is 15.4. The first-order valence-corrected chi connectivity index (χ1v) is 10.5. The summed E-state index contributed by atoms with van der Waals surface area (Å²) in [6.07, 6.45) is 0.873. The number of hydrogen-bond donors (Lipinski definition) is 0. The van der Waals surface area contributed by atoms with Gasteiger partial charge in [-0.25, -0.2) is 0 Å². The van der Waals surface area contributed by atoms with Gasteiger partial charge in [-0.3, -0.25) is 24.5 Å². The Balaban J connectivity index is 2.51. The topological polar surface area (TPSA) is 113 Å². The lowest BCUT2D eigenvalue weighted by Crippen LogP contribution is -2.35. The lowest BCUT2D eigenvalue weighted by Gasteiger charge is -2.24. The Morgan fingerprint density at radius 1 is 0.906 bits per heavy atom. The van der Waals surface area contributed by atoms with Gasteiger partial charge in [0.05, 0.1) is 18.1 Å². The number of nitrogens with zero attached hydrogens (tertiary/aromatic N) is 1. The molecule has 0 saturated heterocycles. The predicted molar refractivity (Wildman–Crippen MR) is 117 cm³/mol. The fraction of sp³-hybridized carbons (Fsp3) is 0.375. The Bertz CT molecular complexity index is 922. The number of hydrogen-bond acceptors (Lipinski definition) is 7. The van der Waals surface area contributed by atoms with Gasteiger partial charge in [0.1, 0.15) is 0 Å². The van der Waals surface area contributed by atoms with Crippen LogP contribution in [0, 0.1) is 16.0 Å². The second kappa shape index (κ2) is 12.3. The summed E-state index contributed by atoms with van der Waals surface area (Å²) in [6.45, 7) is 3.83. The normalized spacial score (nSPS) is 11.6. The maximum Gasteiger partial charge on any atom is 0.320 e. The van der Waals surface area contributed by atoms with Gasteiger partial charge in [-0.1, -0.05) is 56.3 Å². The van der Waals surface area contributed by atoms with Crippen molar-refractivity contribution in [1.82, 2.24) is 0 Å². The number of carbonyl (C=O) groups excluding carboxylic acids is 3. The molecule has 0 bridgehead atoms. The highest BCUT2D eigenvalue weighted by atomic mass is 16.6. The number of nitro benzene ring substituents is 1. The lowest BCUT2D eigenvalue weighted by atomic mass is 9.81. The number of rotatable bonds is 12. The lowest BCUT2D eigenvalue weighted by molar-refractivity contribution is -0.384. The molecule has 0 fully saturated rings. The van der Waals surface area contributed by atoms with Gasteiger partial charge in [-0.05, 0) is 18.4 Å². The zero-order chi connectivity index (χ0) is 23.5. The Morgan fingerprint density at radius 2 is 1.50 bits per heavy atom. The highest BCUT2D eigenvalue weighted by Crippen LogP contribution is 2.34. The van der Waals surface area contributed by atoms with E-state index >= 15 is 0 Å². The second-order valence-electron chi connectivity index (χ2n) is 7.26. The molecule has 0 spiro atoms. The molecular formula is C24H27NO7. The number of carbonyl (C=O) groups is 3. The third-order valence-electron chi connectivity index (χ3n) is 4.82. The molecule has 32 heavy (non-hydrogen) atoms. The van der Waals surface area contributed by atoms with Crippen LogP contribution in [0.5, 0.6) is 0 Å². The number of non-ortho nitro benzene ring substituents is 1. The average molecular weight is 441 g/mol. The summed E-state index contributed by atoms with van der Waals surface area (Å²) < 4.78 is 10.5. The summed E-state index contributed by atoms with van der Waals surface area (Å²) in [5, 5.41) is 11.3. The number of benzene rings is 2. The van der Waals surface area contributed by atoms with Gasteiger partial charge in [0.2, 0.25) is 0 Å². The van der Waals surface area contributed by atoms with Gasteiger partial charge >= 0.3 is 11.9 Å². The summed E-state index contributed by atoms with van der Waals surface area (Å²) in [5.74, 6) is -4.35. The Kier molecular flexibility index (Phi) is 9.53. The molecule has 1 atom stereocenters. The predicted octanol–water partition coefficient (Wildman–Crippen LogP) is 4.47. The third-order valence-corrected chi connectivity index (χ3v) is 4.82. The number of Topliss-reactive ketones (excluding diaryl/α,β-unsaturated/α-hetero) is 1. The van der Waals surface area contributed by atoms with Gasteiger partial charge in [0, 0.05) is 30.0 Å². The standard InChI is InChI=1S/C24H27NO7/c1-3-13-31-23(27)22(24(28)32-14-4-2)20(16-21(26)17-9-6-5-7-10-17)18-11-8-12-19(15-18)25(29)30/h5-12,15,20,22H,3-4,13-14,16H2,1-2H3. The largest absolute Gasteiger partial charge is 0.465 e. The number of ether oxygens (including phenoxy) is 2. The second-order valence-corrected chi connectivity index (χ2v) is 7.26. The minimum absolute atomic E-state index is 0.102. The molecule has 0 aliphatic rings. The van der Waals surface area contributed by atoms with E-state index in [1.807, 2.05) is 13.8 Å². The van der Waals surface area contributed by atoms with Gasteiger partial charge in [0.25, 0.3) is 5.69 Å². The minimum atomic E-state index is -1.43. The smallest absolute Gasteiger partial charge is 0.320 e. The molecule has 8 nitrogen and oxygen atoms in total. The summed E-state index contributed by atoms with van der Waals surface area (Å²) in [4.78, 5) is 49.5. The van der Waals surface area contributed by atoms with Gasteiger partial charge in [-0.15, -0.1) is 0 Å². The van der Waals surface area contributed by atoms with Crippen LogP contribution in [0.1, 0.15) is 54.9 Å². The molecule has 1 unspecified atom stereocenters. The molecule has 0 N–H and O–H groups in total. The van der Waals surface area contributed by atoms with Crippen molar-refractivity contribution in [3.8, 4) is 0 Å². The molecule has 0 aliphatic carbocycles. The van der Waals surface area contributed by atoms with Crippen LogP contribution in [0.4, 0.5) is 5.69 Å². The van der Waals surface area contributed by atoms with Crippen molar-refractivity contribution in [2.45, 2.75) is 39.0 Å². The maximum atomic E-state index is 13.0. The molecule has 170 valence electrons. The fourth-order valence-corrected chi connectivity index (χ4v) is 3.25. The van der Waals surface area contributed by atoms with E-state index in [9.17, 15) is 24.5 Å². The van der Waals surface area contributed by atoms with Crippen molar-refractivity contribution in [3.63, 3.8) is 0 Å². The molecule has 8 heteroatoms. The summed E-state index contributed by atoms with van der Waals surface area (Å²) in [7, 11) is 0. The van der Waals surface area contributed by atoms with Crippen molar-refractivity contribution in [2.75, 3.05) is 13.2 Å². The van der Waals surface area contributed by atoms with Crippen LogP contribution in [0.3, 0.4) is 0 Å². The van der Waals surface area contributed by atoms with E-state index in [1.165, 1.54) is 18.2 Å². The van der Waals surface area contributed by atoms with Crippen molar-refractivity contribution in [2.24, 2.45) is 5.92 Å². The molecule has 0 heterocycles. The van der Waals surface area contributed by atoms with Crippen molar-refractivity contribution >= 4 is 23.4 Å². The average Bonchev–Trinajstić information content (AvgIpc) is 2.81. The van der Waals surface area contributed by atoms with E-state index in [4.69, 9.17) is 9.47 Å². The van der Waals surface area contributed by atoms with Gasteiger partial charge in [-0.2, -0.15) is 0 Å². The van der Waals surface area contributed by atoms with Crippen LogP contribution in [-0.4, -0.2) is 35.9 Å².